The van der Waals surface area contributed by atoms with Gasteiger partial charge in [-0.15, -0.1) is 0 Å². The van der Waals surface area contributed by atoms with Crippen LogP contribution >= 0.6 is 0 Å². The summed E-state index contributed by atoms with van der Waals surface area (Å²) in [6.07, 6.45) is 0. The van der Waals surface area contributed by atoms with Crippen LogP contribution in [0.1, 0.15) is 13.8 Å². The first kappa shape index (κ1) is 11.7. The van der Waals surface area contributed by atoms with Gasteiger partial charge in [0, 0.05) is 5.69 Å². The third-order valence-corrected chi connectivity index (χ3v) is 2.72. The maximum atomic E-state index is 9.22. The molecule has 0 spiro atoms. The number of hydrogen-bond donors (Lipinski definition) is 3. The van der Waals surface area contributed by atoms with E-state index in [4.69, 9.17) is 10.2 Å². The molecule has 0 saturated carbocycles. The Morgan fingerprint density at radius 2 is 2.24 bits per heavy atom. The molecule has 5 heteroatoms. The molecular weight excluding hydrogens is 218 g/mol. The van der Waals surface area contributed by atoms with Crippen LogP contribution in [0.5, 0.6) is 0 Å². The smallest absolute Gasteiger partial charge is 0.295 e. The van der Waals surface area contributed by atoms with E-state index >= 15 is 0 Å². The number of hydrogen-bond acceptors (Lipinski definition) is 5. The van der Waals surface area contributed by atoms with E-state index in [0.717, 1.165) is 0 Å². The molecule has 0 saturated heterocycles. The van der Waals surface area contributed by atoms with E-state index in [-0.39, 0.29) is 12.6 Å². The van der Waals surface area contributed by atoms with E-state index in [2.05, 4.69) is 10.3 Å². The molecule has 0 amide bonds. The number of nitrogens with two attached hydrogens (primary N) is 1. The quantitative estimate of drug-likeness (QED) is 0.704. The summed E-state index contributed by atoms with van der Waals surface area (Å²) in [7, 11) is 0. The lowest BCUT2D eigenvalue weighted by atomic mass is 10.1. The minimum absolute atomic E-state index is 0.0402. The van der Waals surface area contributed by atoms with E-state index < -0.39 is 0 Å². The molecule has 1 aromatic heterocycles. The highest BCUT2D eigenvalue weighted by molar-refractivity contribution is 5.78. The second kappa shape index (κ2) is 4.63. The van der Waals surface area contributed by atoms with Crippen LogP contribution in [0.25, 0.3) is 11.1 Å². The maximum Gasteiger partial charge on any atom is 0.295 e. The van der Waals surface area contributed by atoms with Crippen molar-refractivity contribution in [2.75, 3.05) is 17.7 Å². The molecule has 4 N–H and O–H groups in total. The number of nitrogens with one attached hydrogen (secondary N) is 1. The van der Waals surface area contributed by atoms with Crippen LogP contribution in [-0.4, -0.2) is 22.7 Å². The third-order valence-electron chi connectivity index (χ3n) is 2.72. The summed E-state index contributed by atoms with van der Waals surface area (Å²) in [4.78, 5) is 4.27. The summed E-state index contributed by atoms with van der Waals surface area (Å²) in [6, 6.07) is 5.65. The standard InChI is InChI=1S/C12H17N3O2/c1-7(2)10(6-16)15-12-14-9-5-8(13)3-4-11(9)17-12/h3-5,7,10,16H,6,13H2,1-2H3,(H,14,15)/t10-/m1/s1. The van der Waals surface area contributed by atoms with Crippen LogP contribution in [0.2, 0.25) is 0 Å². The molecule has 5 nitrogen and oxygen atoms in total. The van der Waals surface area contributed by atoms with Crippen LogP contribution in [0.3, 0.4) is 0 Å². The second-order valence-corrected chi connectivity index (χ2v) is 4.42. The molecule has 0 aliphatic rings. The fourth-order valence-corrected chi connectivity index (χ4v) is 1.59. The van der Waals surface area contributed by atoms with E-state index in [1.807, 2.05) is 13.8 Å². The van der Waals surface area contributed by atoms with Gasteiger partial charge in [0.15, 0.2) is 5.58 Å². The Balaban J connectivity index is 2.24. The Morgan fingerprint density at radius 3 is 2.88 bits per heavy atom. The number of nitrogens with zero attached hydrogens (tertiary/aromatic N) is 1. The fraction of sp³-hybridized carbons (Fsp3) is 0.417. The van der Waals surface area contributed by atoms with Gasteiger partial charge >= 0.3 is 0 Å². The van der Waals surface area contributed by atoms with Gasteiger partial charge < -0.3 is 20.6 Å². The predicted octanol–water partition coefficient (Wildman–Crippen LogP) is 1.84. The minimum atomic E-state index is -0.0691. The Kier molecular flexibility index (Phi) is 3.19. The third kappa shape index (κ3) is 2.50. The van der Waals surface area contributed by atoms with Gasteiger partial charge in [0.2, 0.25) is 0 Å². The van der Waals surface area contributed by atoms with E-state index in [1.54, 1.807) is 18.2 Å². The Morgan fingerprint density at radius 1 is 1.47 bits per heavy atom. The highest BCUT2D eigenvalue weighted by atomic mass is 16.4. The monoisotopic (exact) mass is 235 g/mol. The number of benzene rings is 1. The summed E-state index contributed by atoms with van der Waals surface area (Å²) in [5, 5.41) is 12.3. The Hall–Kier alpha value is -1.75. The molecule has 2 aromatic rings. The van der Waals surface area contributed by atoms with Crippen molar-refractivity contribution in [1.29, 1.82) is 0 Å². The molecule has 1 atom stereocenters. The van der Waals surface area contributed by atoms with Crippen molar-refractivity contribution in [3.05, 3.63) is 18.2 Å². The number of nitrogen functional groups attached to an aromatic ring is 1. The summed E-state index contributed by atoms with van der Waals surface area (Å²) in [5.74, 6) is 0.292. The van der Waals surface area contributed by atoms with E-state index in [1.165, 1.54) is 0 Å². The van der Waals surface area contributed by atoms with Crippen molar-refractivity contribution >= 4 is 22.8 Å². The lowest BCUT2D eigenvalue weighted by Gasteiger charge is -2.18. The number of rotatable bonds is 4. The van der Waals surface area contributed by atoms with Crippen LogP contribution in [0, 0.1) is 5.92 Å². The first-order valence-electron chi connectivity index (χ1n) is 5.63. The SMILES string of the molecule is CC(C)[C@@H](CO)Nc1nc2cc(N)ccc2o1. The Bertz CT molecular complexity index is 507. The fourth-order valence-electron chi connectivity index (χ4n) is 1.59. The summed E-state index contributed by atoms with van der Waals surface area (Å²) in [5.41, 5.74) is 7.72. The lowest BCUT2D eigenvalue weighted by Crippen LogP contribution is -2.29. The van der Waals surface area contributed by atoms with Crippen LogP contribution in [0.15, 0.2) is 22.6 Å². The molecule has 0 fully saturated rings. The topological polar surface area (TPSA) is 84.3 Å². The highest BCUT2D eigenvalue weighted by Crippen LogP contribution is 2.22. The first-order chi connectivity index (χ1) is 8.10. The number of aromatic nitrogens is 1. The second-order valence-electron chi connectivity index (χ2n) is 4.42. The van der Waals surface area contributed by atoms with Crippen molar-refractivity contribution in [2.45, 2.75) is 19.9 Å². The molecule has 0 radical (unpaired) electrons. The van der Waals surface area contributed by atoms with Crippen molar-refractivity contribution in [1.82, 2.24) is 4.98 Å². The van der Waals surface area contributed by atoms with Gasteiger partial charge in [0.05, 0.1) is 12.6 Å². The Labute approximate surface area is 99.6 Å². The number of oxazole rings is 1. The van der Waals surface area contributed by atoms with Gasteiger partial charge in [-0.1, -0.05) is 13.8 Å². The largest absolute Gasteiger partial charge is 0.424 e. The van der Waals surface area contributed by atoms with E-state index in [9.17, 15) is 5.11 Å². The summed E-state index contributed by atoms with van der Waals surface area (Å²) < 4.78 is 5.52. The molecule has 92 valence electrons. The van der Waals surface area contributed by atoms with Gasteiger partial charge in [-0.25, -0.2) is 0 Å². The average molecular weight is 235 g/mol. The number of aliphatic hydroxyl groups excluding tert-OH is 1. The van der Waals surface area contributed by atoms with Crippen LogP contribution in [-0.2, 0) is 0 Å². The summed E-state index contributed by atoms with van der Waals surface area (Å²) >= 11 is 0. The molecule has 0 aliphatic heterocycles. The van der Waals surface area contributed by atoms with Crippen molar-refractivity contribution in [3.63, 3.8) is 0 Å². The van der Waals surface area contributed by atoms with Crippen LogP contribution in [0.4, 0.5) is 11.7 Å². The molecule has 1 heterocycles. The normalized spacial score (nSPS) is 13.2. The number of anilines is 2. The zero-order valence-electron chi connectivity index (χ0n) is 9.97. The molecule has 2 rings (SSSR count). The number of fused-ring (bicyclic) bond motifs is 1. The lowest BCUT2D eigenvalue weighted by molar-refractivity contribution is 0.247. The van der Waals surface area contributed by atoms with Gasteiger partial charge in [-0.3, -0.25) is 0 Å². The molecule has 0 aliphatic carbocycles. The minimum Gasteiger partial charge on any atom is -0.424 e. The van der Waals surface area contributed by atoms with Gasteiger partial charge in [-0.2, -0.15) is 4.98 Å². The number of aliphatic hydroxyl groups is 1. The van der Waals surface area contributed by atoms with Crippen LogP contribution < -0.4 is 11.1 Å². The van der Waals surface area contributed by atoms with Crippen molar-refractivity contribution in [2.24, 2.45) is 5.92 Å². The van der Waals surface area contributed by atoms with Gasteiger partial charge in [0.25, 0.3) is 6.01 Å². The van der Waals surface area contributed by atoms with Gasteiger partial charge in [0.1, 0.15) is 5.52 Å². The zero-order valence-corrected chi connectivity index (χ0v) is 9.97. The van der Waals surface area contributed by atoms with Crippen molar-refractivity contribution in [3.8, 4) is 0 Å². The highest BCUT2D eigenvalue weighted by Gasteiger charge is 2.15. The molecule has 1 aromatic carbocycles. The zero-order chi connectivity index (χ0) is 12.4. The molecular formula is C12H17N3O2. The molecule has 17 heavy (non-hydrogen) atoms. The molecule has 0 bridgehead atoms. The van der Waals surface area contributed by atoms with E-state index in [0.29, 0.717) is 28.7 Å². The van der Waals surface area contributed by atoms with Gasteiger partial charge in [-0.05, 0) is 24.1 Å². The molecule has 0 unspecified atom stereocenters. The average Bonchev–Trinajstić information content (AvgIpc) is 2.66. The first-order valence-corrected chi connectivity index (χ1v) is 5.63. The maximum absolute atomic E-state index is 9.22. The van der Waals surface area contributed by atoms with Crippen molar-refractivity contribution < 1.29 is 9.52 Å². The summed E-state index contributed by atoms with van der Waals surface area (Å²) in [6.45, 7) is 4.08. The predicted molar refractivity (Wildman–Crippen MR) is 67.8 cm³/mol.